The molecule has 1 amide bonds. The number of aryl methyl sites for hydroxylation is 1. The predicted molar refractivity (Wildman–Crippen MR) is 57.8 cm³/mol. The molecule has 5 heteroatoms. The molecule has 76 valence electrons. The van der Waals surface area contributed by atoms with Gasteiger partial charge in [-0.3, -0.25) is 4.79 Å². The Balaban J connectivity index is 2.91. The van der Waals surface area contributed by atoms with E-state index in [1.54, 1.807) is 25.1 Å². The van der Waals surface area contributed by atoms with Crippen LogP contribution in [0.25, 0.3) is 10.9 Å². The van der Waals surface area contributed by atoms with Crippen molar-refractivity contribution in [2.75, 3.05) is 0 Å². The van der Waals surface area contributed by atoms with E-state index < -0.39 is 5.91 Å². The molecule has 2 rings (SSSR count). The molecule has 15 heavy (non-hydrogen) atoms. The summed E-state index contributed by atoms with van der Waals surface area (Å²) in [5.41, 5.74) is 6.10. The first-order chi connectivity index (χ1) is 7.09. The number of halogens is 1. The number of hydrogen-bond acceptors (Lipinski definition) is 3. The molecule has 1 heterocycles. The maximum absolute atomic E-state index is 11.2. The number of hydrogen-bond donors (Lipinski definition) is 1. The molecule has 0 fully saturated rings. The average molecular weight is 222 g/mol. The fourth-order valence-corrected chi connectivity index (χ4v) is 1.69. The molecule has 0 aliphatic carbocycles. The second-order valence-electron chi connectivity index (χ2n) is 3.13. The number of para-hydroxylation sites is 1. The molecule has 0 atom stereocenters. The molecule has 2 aromatic rings. The van der Waals surface area contributed by atoms with Gasteiger partial charge in [0.25, 0.3) is 5.91 Å². The highest BCUT2D eigenvalue weighted by Crippen LogP contribution is 2.22. The molecular weight excluding hydrogens is 214 g/mol. The van der Waals surface area contributed by atoms with Crippen LogP contribution < -0.4 is 5.73 Å². The minimum Gasteiger partial charge on any atom is -0.366 e. The minimum absolute atomic E-state index is 0.334. The number of rotatable bonds is 1. The van der Waals surface area contributed by atoms with Crippen molar-refractivity contribution in [2.45, 2.75) is 6.92 Å². The van der Waals surface area contributed by atoms with Crippen LogP contribution in [0.2, 0.25) is 5.15 Å². The van der Waals surface area contributed by atoms with E-state index in [1.807, 2.05) is 0 Å². The van der Waals surface area contributed by atoms with Gasteiger partial charge in [0, 0.05) is 5.39 Å². The van der Waals surface area contributed by atoms with Crippen LogP contribution in [0.5, 0.6) is 0 Å². The molecule has 2 N–H and O–H groups in total. The van der Waals surface area contributed by atoms with Crippen LogP contribution in [0.4, 0.5) is 0 Å². The topological polar surface area (TPSA) is 68.9 Å². The van der Waals surface area contributed by atoms with Crippen molar-refractivity contribution in [1.29, 1.82) is 0 Å². The molecule has 0 aliphatic rings. The Bertz CT molecular complexity index is 554. The van der Waals surface area contributed by atoms with Gasteiger partial charge in [-0.1, -0.05) is 17.7 Å². The summed E-state index contributed by atoms with van der Waals surface area (Å²) in [7, 11) is 0. The highest BCUT2D eigenvalue weighted by molar-refractivity contribution is 6.34. The van der Waals surface area contributed by atoms with E-state index in [0.717, 1.165) is 0 Å². The number of nitrogens with two attached hydrogens (primary N) is 1. The van der Waals surface area contributed by atoms with Crippen molar-refractivity contribution in [3.8, 4) is 0 Å². The molecule has 0 bridgehead atoms. The van der Waals surface area contributed by atoms with E-state index in [0.29, 0.717) is 27.4 Å². The van der Waals surface area contributed by atoms with Crippen LogP contribution in [0.3, 0.4) is 0 Å². The lowest BCUT2D eigenvalue weighted by Crippen LogP contribution is -2.12. The number of nitrogens with zero attached hydrogens (tertiary/aromatic N) is 2. The predicted octanol–water partition coefficient (Wildman–Crippen LogP) is 1.69. The van der Waals surface area contributed by atoms with Crippen LogP contribution in [-0.4, -0.2) is 15.9 Å². The second kappa shape index (κ2) is 3.47. The van der Waals surface area contributed by atoms with Gasteiger partial charge in [0.15, 0.2) is 0 Å². The van der Waals surface area contributed by atoms with E-state index in [-0.39, 0.29) is 0 Å². The summed E-state index contributed by atoms with van der Waals surface area (Å²) >= 11 is 5.94. The van der Waals surface area contributed by atoms with Gasteiger partial charge in [-0.2, -0.15) is 0 Å². The largest absolute Gasteiger partial charge is 0.366 e. The number of aromatic nitrogens is 2. The number of fused-ring (bicyclic) bond motifs is 1. The van der Waals surface area contributed by atoms with E-state index >= 15 is 0 Å². The molecule has 1 aromatic carbocycles. The number of amides is 1. The zero-order chi connectivity index (χ0) is 11.0. The number of benzene rings is 1. The van der Waals surface area contributed by atoms with Gasteiger partial charge < -0.3 is 5.73 Å². The highest BCUT2D eigenvalue weighted by Gasteiger charge is 2.10. The molecule has 0 saturated heterocycles. The standard InChI is InChI=1S/C10H8ClN3O/c1-5-13-8-6(9(11)14-5)3-2-4-7(8)10(12)15/h2-4H,1H3,(H2,12,15). The van der Waals surface area contributed by atoms with E-state index in [2.05, 4.69) is 9.97 Å². The van der Waals surface area contributed by atoms with Crippen molar-refractivity contribution in [3.05, 3.63) is 34.7 Å². The Morgan fingerprint density at radius 3 is 2.80 bits per heavy atom. The third-order valence-electron chi connectivity index (χ3n) is 2.06. The fourth-order valence-electron chi connectivity index (χ4n) is 1.42. The van der Waals surface area contributed by atoms with Gasteiger partial charge >= 0.3 is 0 Å². The van der Waals surface area contributed by atoms with Crippen molar-refractivity contribution in [1.82, 2.24) is 9.97 Å². The van der Waals surface area contributed by atoms with Gasteiger partial charge in [-0.05, 0) is 19.1 Å². The van der Waals surface area contributed by atoms with Crippen molar-refractivity contribution in [3.63, 3.8) is 0 Å². The number of primary amides is 1. The van der Waals surface area contributed by atoms with Crippen molar-refractivity contribution < 1.29 is 4.79 Å². The maximum Gasteiger partial charge on any atom is 0.250 e. The quantitative estimate of drug-likeness (QED) is 0.745. The van der Waals surface area contributed by atoms with E-state index in [4.69, 9.17) is 17.3 Å². The summed E-state index contributed by atoms with van der Waals surface area (Å²) in [5, 5.41) is 0.971. The molecule has 0 aliphatic heterocycles. The van der Waals surface area contributed by atoms with Crippen molar-refractivity contribution >= 4 is 28.4 Å². The van der Waals surface area contributed by atoms with Gasteiger partial charge in [-0.15, -0.1) is 0 Å². The van der Waals surface area contributed by atoms with Gasteiger partial charge in [0.2, 0.25) is 0 Å². The molecular formula is C10H8ClN3O. The van der Waals surface area contributed by atoms with Crippen LogP contribution in [0.15, 0.2) is 18.2 Å². The zero-order valence-electron chi connectivity index (χ0n) is 7.99. The summed E-state index contributed by atoms with van der Waals surface area (Å²) in [6, 6.07) is 5.07. The van der Waals surface area contributed by atoms with E-state index in [9.17, 15) is 4.79 Å². The number of carbonyl (C=O) groups excluding carboxylic acids is 1. The lowest BCUT2D eigenvalue weighted by Gasteiger charge is -2.04. The summed E-state index contributed by atoms with van der Waals surface area (Å²) in [6.07, 6.45) is 0. The lowest BCUT2D eigenvalue weighted by molar-refractivity contribution is 0.100. The summed E-state index contributed by atoms with van der Waals surface area (Å²) in [4.78, 5) is 19.3. The first-order valence-corrected chi connectivity index (χ1v) is 4.70. The average Bonchev–Trinajstić information content (AvgIpc) is 2.16. The SMILES string of the molecule is Cc1nc(Cl)c2cccc(C(N)=O)c2n1. The third-order valence-corrected chi connectivity index (χ3v) is 2.35. The first-order valence-electron chi connectivity index (χ1n) is 4.32. The van der Waals surface area contributed by atoms with E-state index in [1.165, 1.54) is 0 Å². The highest BCUT2D eigenvalue weighted by atomic mass is 35.5. The normalized spacial score (nSPS) is 10.5. The van der Waals surface area contributed by atoms with Gasteiger partial charge in [0.05, 0.1) is 11.1 Å². The van der Waals surface area contributed by atoms with Crippen LogP contribution in [-0.2, 0) is 0 Å². The zero-order valence-corrected chi connectivity index (χ0v) is 8.75. The monoisotopic (exact) mass is 221 g/mol. The summed E-state index contributed by atoms with van der Waals surface area (Å²) in [6.45, 7) is 1.71. The lowest BCUT2D eigenvalue weighted by atomic mass is 10.1. The second-order valence-corrected chi connectivity index (χ2v) is 3.49. The van der Waals surface area contributed by atoms with Crippen molar-refractivity contribution in [2.24, 2.45) is 5.73 Å². The fraction of sp³-hybridized carbons (Fsp3) is 0.100. The molecule has 4 nitrogen and oxygen atoms in total. The molecule has 0 unspecified atom stereocenters. The molecule has 0 saturated carbocycles. The first kappa shape index (κ1) is 9.86. The van der Waals surface area contributed by atoms with Gasteiger partial charge in [0.1, 0.15) is 11.0 Å². The Hall–Kier alpha value is -1.68. The summed E-state index contributed by atoms with van der Waals surface area (Å²) in [5.74, 6) is -0.00373. The molecule has 0 radical (unpaired) electrons. The third kappa shape index (κ3) is 1.64. The summed E-state index contributed by atoms with van der Waals surface area (Å²) < 4.78 is 0. The number of carbonyl (C=O) groups is 1. The maximum atomic E-state index is 11.2. The molecule has 0 spiro atoms. The Kier molecular flexibility index (Phi) is 2.28. The Morgan fingerprint density at radius 2 is 2.13 bits per heavy atom. The van der Waals surface area contributed by atoms with Crippen LogP contribution >= 0.6 is 11.6 Å². The minimum atomic E-state index is -0.519. The van der Waals surface area contributed by atoms with Gasteiger partial charge in [-0.25, -0.2) is 9.97 Å². The molecule has 1 aromatic heterocycles. The smallest absolute Gasteiger partial charge is 0.250 e. The van der Waals surface area contributed by atoms with Crippen LogP contribution in [0.1, 0.15) is 16.2 Å². The Labute approximate surface area is 91.1 Å². The Morgan fingerprint density at radius 1 is 1.40 bits per heavy atom. The van der Waals surface area contributed by atoms with Crippen LogP contribution in [0, 0.1) is 6.92 Å².